The van der Waals surface area contributed by atoms with Gasteiger partial charge in [0.2, 0.25) is 0 Å². The second kappa shape index (κ2) is 8.12. The Morgan fingerprint density at radius 2 is 2.07 bits per heavy atom. The first-order valence-electron chi connectivity index (χ1n) is 9.14. The summed E-state index contributed by atoms with van der Waals surface area (Å²) >= 11 is 0. The van der Waals surface area contributed by atoms with Gasteiger partial charge < -0.3 is 14.6 Å². The first kappa shape index (κ1) is 19.4. The molecule has 1 amide bonds. The molecule has 0 saturated carbocycles. The molecule has 1 aliphatic heterocycles. The normalized spacial score (nSPS) is 18.5. The SMILES string of the molecule is CCCCN(C(=O)COC(=O)c1c[nH]c2ccccc12)C1CCS(=O)(=O)C1. The maximum Gasteiger partial charge on any atom is 0.340 e. The average Bonchev–Trinajstić information content (AvgIpc) is 3.23. The molecule has 1 aliphatic rings. The number of fused-ring (bicyclic) bond motifs is 1. The number of carbonyl (C=O) groups excluding carboxylic acids is 2. The lowest BCUT2D eigenvalue weighted by atomic mass is 10.2. The van der Waals surface area contributed by atoms with Crippen LogP contribution in [-0.2, 0) is 19.4 Å². The van der Waals surface area contributed by atoms with Crippen molar-refractivity contribution in [2.75, 3.05) is 24.7 Å². The topological polar surface area (TPSA) is 96.5 Å². The molecule has 8 heteroatoms. The van der Waals surface area contributed by atoms with E-state index >= 15 is 0 Å². The zero-order valence-electron chi connectivity index (χ0n) is 15.3. The number of aromatic nitrogens is 1. The zero-order valence-corrected chi connectivity index (χ0v) is 16.1. The first-order valence-corrected chi connectivity index (χ1v) is 11.0. The number of esters is 1. The maximum atomic E-state index is 12.6. The molecule has 1 aromatic heterocycles. The van der Waals surface area contributed by atoms with E-state index in [1.807, 2.05) is 25.1 Å². The van der Waals surface area contributed by atoms with E-state index in [1.165, 1.54) is 0 Å². The van der Waals surface area contributed by atoms with Crippen molar-refractivity contribution in [1.82, 2.24) is 9.88 Å². The van der Waals surface area contributed by atoms with E-state index in [4.69, 9.17) is 4.74 Å². The highest BCUT2D eigenvalue weighted by Crippen LogP contribution is 2.20. The van der Waals surface area contributed by atoms with Crippen LogP contribution in [0.1, 0.15) is 36.5 Å². The summed E-state index contributed by atoms with van der Waals surface area (Å²) in [5.74, 6) is -0.837. The van der Waals surface area contributed by atoms with Crippen LogP contribution >= 0.6 is 0 Å². The van der Waals surface area contributed by atoms with E-state index in [9.17, 15) is 18.0 Å². The van der Waals surface area contributed by atoms with E-state index in [-0.39, 0.29) is 23.5 Å². The third kappa shape index (κ3) is 4.50. The van der Waals surface area contributed by atoms with Crippen LogP contribution in [0.4, 0.5) is 0 Å². The van der Waals surface area contributed by atoms with Gasteiger partial charge in [-0.1, -0.05) is 31.5 Å². The Morgan fingerprint density at radius 1 is 1.30 bits per heavy atom. The Morgan fingerprint density at radius 3 is 2.78 bits per heavy atom. The van der Waals surface area contributed by atoms with Crippen LogP contribution in [-0.4, -0.2) is 60.9 Å². The summed E-state index contributed by atoms with van der Waals surface area (Å²) in [6.45, 7) is 2.09. The molecule has 0 spiro atoms. The van der Waals surface area contributed by atoms with Crippen molar-refractivity contribution in [3.05, 3.63) is 36.0 Å². The minimum Gasteiger partial charge on any atom is -0.452 e. The smallest absolute Gasteiger partial charge is 0.340 e. The van der Waals surface area contributed by atoms with Crippen molar-refractivity contribution in [2.45, 2.75) is 32.2 Å². The van der Waals surface area contributed by atoms with Crippen molar-refractivity contribution < 1.29 is 22.7 Å². The number of para-hydroxylation sites is 1. The van der Waals surface area contributed by atoms with Crippen molar-refractivity contribution in [2.24, 2.45) is 0 Å². The molecule has 7 nitrogen and oxygen atoms in total. The quantitative estimate of drug-likeness (QED) is 0.728. The van der Waals surface area contributed by atoms with Gasteiger partial charge in [0.05, 0.1) is 17.1 Å². The number of ether oxygens (including phenoxy) is 1. The average molecular weight is 392 g/mol. The van der Waals surface area contributed by atoms with Crippen LogP contribution in [0.25, 0.3) is 10.9 Å². The molecule has 1 unspecified atom stereocenters. The van der Waals surface area contributed by atoms with Gasteiger partial charge in [-0.15, -0.1) is 0 Å². The summed E-state index contributed by atoms with van der Waals surface area (Å²) in [5, 5.41) is 0.736. The number of benzene rings is 1. The van der Waals surface area contributed by atoms with E-state index < -0.39 is 22.4 Å². The first-order chi connectivity index (χ1) is 12.9. The van der Waals surface area contributed by atoms with Gasteiger partial charge in [-0.05, 0) is 18.9 Å². The minimum absolute atomic E-state index is 0.0150. The number of nitrogens with zero attached hydrogens (tertiary/aromatic N) is 1. The lowest BCUT2D eigenvalue weighted by molar-refractivity contribution is -0.136. The third-order valence-corrected chi connectivity index (χ3v) is 6.61. The van der Waals surface area contributed by atoms with Crippen molar-refractivity contribution in [3.63, 3.8) is 0 Å². The molecule has 0 radical (unpaired) electrons. The highest BCUT2D eigenvalue weighted by atomic mass is 32.2. The minimum atomic E-state index is -3.10. The number of carbonyl (C=O) groups is 2. The predicted molar refractivity (Wildman–Crippen MR) is 102 cm³/mol. The monoisotopic (exact) mass is 392 g/mol. The van der Waals surface area contributed by atoms with Gasteiger partial charge in [0.1, 0.15) is 0 Å². The number of unbranched alkanes of at least 4 members (excludes halogenated alkanes) is 1. The summed E-state index contributed by atoms with van der Waals surface area (Å²) in [6.07, 6.45) is 3.67. The molecular weight excluding hydrogens is 368 g/mol. The molecule has 3 rings (SSSR count). The molecule has 1 fully saturated rings. The summed E-state index contributed by atoms with van der Waals surface area (Å²) < 4.78 is 28.8. The third-order valence-electron chi connectivity index (χ3n) is 4.86. The molecule has 2 aromatic rings. The number of hydrogen-bond donors (Lipinski definition) is 1. The Labute approximate surface area is 158 Å². The lowest BCUT2D eigenvalue weighted by Crippen LogP contribution is -2.43. The molecule has 0 bridgehead atoms. The number of H-pyrrole nitrogens is 1. The van der Waals surface area contributed by atoms with Gasteiger partial charge in [-0.25, -0.2) is 13.2 Å². The number of rotatable bonds is 7. The summed E-state index contributed by atoms with van der Waals surface area (Å²) in [7, 11) is -3.10. The van der Waals surface area contributed by atoms with Gasteiger partial charge in [0.25, 0.3) is 5.91 Å². The standard InChI is InChI=1S/C19H24N2O5S/c1-2-3-9-21(14-8-10-27(24,25)13-14)18(22)12-26-19(23)16-11-20-17-7-5-4-6-15(16)17/h4-7,11,14,20H,2-3,8-10,12-13H2,1H3. The molecule has 1 N–H and O–H groups in total. The van der Waals surface area contributed by atoms with Crippen LogP contribution in [0.15, 0.2) is 30.5 Å². The fourth-order valence-corrected chi connectivity index (χ4v) is 5.12. The van der Waals surface area contributed by atoms with Crippen molar-refractivity contribution in [3.8, 4) is 0 Å². The summed E-state index contributed by atoms with van der Waals surface area (Å²) in [5.41, 5.74) is 1.19. The van der Waals surface area contributed by atoms with E-state index in [0.717, 1.165) is 23.7 Å². The van der Waals surface area contributed by atoms with Crippen LogP contribution in [0, 0.1) is 0 Å². The molecule has 2 heterocycles. The summed E-state index contributed by atoms with van der Waals surface area (Å²) in [4.78, 5) is 29.6. The molecule has 0 aliphatic carbocycles. The fourth-order valence-electron chi connectivity index (χ4n) is 3.39. The molecular formula is C19H24N2O5S. The molecule has 1 atom stereocenters. The number of hydrogen-bond acceptors (Lipinski definition) is 5. The Balaban J connectivity index is 1.65. The van der Waals surface area contributed by atoms with Gasteiger partial charge in [-0.3, -0.25) is 4.79 Å². The van der Waals surface area contributed by atoms with Crippen LogP contribution < -0.4 is 0 Å². The van der Waals surface area contributed by atoms with Crippen molar-refractivity contribution in [1.29, 1.82) is 0 Å². The number of amides is 1. The van der Waals surface area contributed by atoms with E-state index in [1.54, 1.807) is 17.2 Å². The van der Waals surface area contributed by atoms with Gasteiger partial charge in [0, 0.05) is 29.7 Å². The number of nitrogens with one attached hydrogen (secondary N) is 1. The van der Waals surface area contributed by atoms with Gasteiger partial charge in [-0.2, -0.15) is 0 Å². The van der Waals surface area contributed by atoms with Gasteiger partial charge >= 0.3 is 5.97 Å². The molecule has 27 heavy (non-hydrogen) atoms. The maximum absolute atomic E-state index is 12.6. The molecule has 146 valence electrons. The van der Waals surface area contributed by atoms with Crippen LogP contribution in [0.2, 0.25) is 0 Å². The Bertz CT molecular complexity index is 934. The molecule has 1 aromatic carbocycles. The number of sulfone groups is 1. The van der Waals surface area contributed by atoms with Crippen LogP contribution in [0.5, 0.6) is 0 Å². The van der Waals surface area contributed by atoms with Crippen LogP contribution in [0.3, 0.4) is 0 Å². The van der Waals surface area contributed by atoms with E-state index in [2.05, 4.69) is 4.98 Å². The predicted octanol–water partition coefficient (Wildman–Crippen LogP) is 2.14. The largest absolute Gasteiger partial charge is 0.452 e. The Kier molecular flexibility index (Phi) is 5.84. The lowest BCUT2D eigenvalue weighted by Gasteiger charge is -2.28. The number of aromatic amines is 1. The molecule has 1 saturated heterocycles. The van der Waals surface area contributed by atoms with Crippen molar-refractivity contribution >= 4 is 32.6 Å². The van der Waals surface area contributed by atoms with Gasteiger partial charge in [0.15, 0.2) is 16.4 Å². The highest BCUT2D eigenvalue weighted by Gasteiger charge is 2.34. The fraction of sp³-hybridized carbons (Fsp3) is 0.474. The van der Waals surface area contributed by atoms with E-state index in [0.29, 0.717) is 18.5 Å². The second-order valence-corrected chi connectivity index (χ2v) is 9.05. The summed E-state index contributed by atoms with van der Waals surface area (Å²) in [6, 6.07) is 7.01. The Hall–Kier alpha value is -2.35. The highest BCUT2D eigenvalue weighted by molar-refractivity contribution is 7.91. The zero-order chi connectivity index (χ0) is 19.4. The second-order valence-electron chi connectivity index (χ2n) is 6.82.